The van der Waals surface area contributed by atoms with Gasteiger partial charge in [0.05, 0.1) is 0 Å². The van der Waals surface area contributed by atoms with Gasteiger partial charge in [-0.25, -0.2) is 12.2 Å². The molecule has 0 atom stereocenters. The monoisotopic (exact) mass is 215 g/mol. The van der Waals surface area contributed by atoms with Crippen molar-refractivity contribution >= 4 is 25.2 Å². The first-order chi connectivity index (χ1) is 2.50. The van der Waals surface area contributed by atoms with Gasteiger partial charge in [-0.05, 0) is 0 Å². The molecule has 1 aliphatic carbocycles. The third-order valence-electron chi connectivity index (χ3n) is 0.586. The molecule has 0 saturated heterocycles. The molecule has 0 bridgehead atoms. The predicted molar refractivity (Wildman–Crippen MR) is 62.0 cm³/mol. The zero-order valence-corrected chi connectivity index (χ0v) is 6.90. The van der Waals surface area contributed by atoms with Crippen molar-refractivity contribution in [3.8, 4) is 0 Å². The third kappa shape index (κ3) is 15.8. The summed E-state index contributed by atoms with van der Waals surface area (Å²) in [4.78, 5) is 0. The van der Waals surface area contributed by atoms with Crippen molar-refractivity contribution in [3.63, 3.8) is 0 Å². The zero-order valence-electron chi connectivity index (χ0n) is 4.44. The van der Waals surface area contributed by atoms with Gasteiger partial charge in [-0.3, -0.25) is 6.08 Å². The Morgan fingerprint density at radius 1 is 1.10 bits per heavy atom. The van der Waals surface area contributed by atoms with Gasteiger partial charge in [0.1, 0.15) is 0 Å². The Balaban J connectivity index is -0.0000000167. The largest absolute Gasteiger partial charge is 3.00 e. The molecule has 0 nitrogen and oxygen atoms in total. The maximum atomic E-state index is 2.99. The van der Waals surface area contributed by atoms with E-state index < -0.39 is 0 Å². The molecule has 0 unspecified atom stereocenters. The van der Waals surface area contributed by atoms with Crippen molar-refractivity contribution in [2.45, 2.75) is 6.42 Å². The third-order valence-corrected chi connectivity index (χ3v) is 0.586. The molecule has 0 aromatic heterocycles. The van der Waals surface area contributed by atoms with Gasteiger partial charge in [0.15, 0.2) is 0 Å². The molecule has 59 valence electrons. The number of rotatable bonds is 0. The molecule has 0 fully saturated rings. The second kappa shape index (κ2) is 22.7. The van der Waals surface area contributed by atoms with Gasteiger partial charge < -0.3 is 7.43 Å². The first-order valence-corrected chi connectivity index (χ1v) is 1.72. The van der Waals surface area contributed by atoms with Crippen molar-refractivity contribution in [2.75, 3.05) is 0 Å². The van der Waals surface area contributed by atoms with Gasteiger partial charge in [-0.15, -0.1) is 6.42 Å². The Kier molecular flexibility index (Phi) is 70.8. The van der Waals surface area contributed by atoms with Gasteiger partial charge in [0.25, 0.3) is 0 Å². The quantitative estimate of drug-likeness (QED) is 0.307. The number of allylic oxidation sites excluding steroid dienone is 4. The summed E-state index contributed by atoms with van der Waals surface area (Å²) in [5, 5.41) is 0. The second-order valence-electron chi connectivity index (χ2n) is 1.00. The molecule has 10 heavy (non-hydrogen) atoms. The van der Waals surface area contributed by atoms with Crippen LogP contribution in [-0.2, 0) is 26.2 Å². The Morgan fingerprint density at radius 2 is 1.60 bits per heavy atom. The van der Waals surface area contributed by atoms with E-state index in [-0.39, 0.29) is 58.9 Å². The van der Waals surface area contributed by atoms with Crippen LogP contribution in [0.5, 0.6) is 0 Å². The average Bonchev–Trinajstić information content (AvgIpc) is 1.76. The van der Waals surface area contributed by atoms with E-state index in [9.17, 15) is 0 Å². The van der Waals surface area contributed by atoms with E-state index in [0.29, 0.717) is 0 Å². The fraction of sp³-hybridized carbons (Fsp3) is 0.167. The molecule has 1 radical (unpaired) electrons. The zero-order chi connectivity index (χ0) is 3.54. The topological polar surface area (TPSA) is 0 Å². The molecule has 4 heteroatoms. The van der Waals surface area contributed by atoms with E-state index in [4.69, 9.17) is 0 Å². The minimum Gasteiger partial charge on any atom is -0.358 e. The van der Waals surface area contributed by atoms with E-state index >= 15 is 0 Å². The maximum absolute atomic E-state index is 2.99. The minimum absolute atomic E-state index is 0. The number of hydrogen-bond acceptors (Lipinski definition) is 0. The summed E-state index contributed by atoms with van der Waals surface area (Å²) in [5.41, 5.74) is 0. The van der Waals surface area contributed by atoms with Crippen LogP contribution in [0, 0.1) is 13.5 Å². The molecule has 0 heterocycles. The molecular weight excluding hydrogens is 196 g/mol. The van der Waals surface area contributed by atoms with Crippen LogP contribution in [0.4, 0.5) is 0 Å². The van der Waals surface area contributed by atoms with Crippen molar-refractivity contribution in [1.29, 1.82) is 0 Å². The molecule has 0 spiro atoms. The van der Waals surface area contributed by atoms with E-state index in [2.05, 4.69) is 12.2 Å². The van der Waals surface area contributed by atoms with Crippen LogP contribution in [0.15, 0.2) is 18.2 Å². The molecule has 0 aromatic carbocycles. The summed E-state index contributed by atoms with van der Waals surface area (Å²) in [6.07, 6.45) is 10.0. The van der Waals surface area contributed by atoms with Gasteiger partial charge in [0.2, 0.25) is 0 Å². The van der Waals surface area contributed by atoms with E-state index in [1.54, 1.807) is 0 Å². The molecule has 0 N–H and O–H groups in total. The van der Waals surface area contributed by atoms with E-state index in [1.165, 1.54) is 0 Å². The van der Waals surface area contributed by atoms with Crippen LogP contribution >= 0.6 is 0 Å². The van der Waals surface area contributed by atoms with Crippen molar-refractivity contribution in [3.05, 3.63) is 31.7 Å². The van der Waals surface area contributed by atoms with Crippen LogP contribution in [0.1, 0.15) is 6.42 Å². The summed E-state index contributed by atoms with van der Waals surface area (Å²) in [6, 6.07) is 0. The van der Waals surface area contributed by atoms with Crippen molar-refractivity contribution < 1.29 is 26.2 Å². The van der Waals surface area contributed by atoms with Crippen LogP contribution < -0.4 is 0 Å². The Hall–Kier alpha value is 0.558. The van der Waals surface area contributed by atoms with Crippen LogP contribution in [-0.4, -0.2) is 25.2 Å². The normalized spacial score (nSPS) is 8.80. The van der Waals surface area contributed by atoms with Gasteiger partial charge in [-0.1, -0.05) is 25.2 Å². The maximum Gasteiger partial charge on any atom is 3.00 e. The van der Waals surface area contributed by atoms with E-state index in [0.717, 1.165) is 6.42 Å². The fourth-order valence-corrected chi connectivity index (χ4v) is 0.340. The minimum atomic E-state index is 0. The average molecular weight is 216 g/mol. The van der Waals surface area contributed by atoms with Crippen molar-refractivity contribution in [1.82, 2.24) is 0 Å². The summed E-state index contributed by atoms with van der Waals surface area (Å²) < 4.78 is 0. The van der Waals surface area contributed by atoms with Crippen LogP contribution in [0.3, 0.4) is 0 Å². The Bertz CT molecular complexity index is 71.1. The fourth-order valence-electron chi connectivity index (χ4n) is 0.340. The first kappa shape index (κ1) is 31.2. The molecular formula is C6H20B3Zr-2. The molecule has 0 saturated carbocycles. The standard InChI is InChI=1S/C5H5.CH3.3BH4.Zr/c1-2-4-5-3-1;;;;;/h1-3H,4H2;1H3;3*1H4;/q5*-1;+3. The Morgan fingerprint density at radius 3 is 1.70 bits per heavy atom. The van der Waals surface area contributed by atoms with Gasteiger partial charge in [0, 0.05) is 0 Å². The summed E-state index contributed by atoms with van der Waals surface area (Å²) in [6.45, 7) is 0. The van der Waals surface area contributed by atoms with Crippen LogP contribution in [0.2, 0.25) is 0 Å². The summed E-state index contributed by atoms with van der Waals surface area (Å²) in [5.74, 6) is 0. The van der Waals surface area contributed by atoms with Crippen LogP contribution in [0.25, 0.3) is 0 Å². The van der Waals surface area contributed by atoms with Gasteiger partial charge >= 0.3 is 26.2 Å². The summed E-state index contributed by atoms with van der Waals surface area (Å²) in [7, 11) is 0. The van der Waals surface area contributed by atoms with Gasteiger partial charge in [-0.2, -0.15) is 6.08 Å². The van der Waals surface area contributed by atoms with Crippen molar-refractivity contribution in [2.24, 2.45) is 0 Å². The molecule has 0 amide bonds. The molecule has 1 aliphatic rings. The summed E-state index contributed by atoms with van der Waals surface area (Å²) >= 11 is 0. The molecule has 0 aliphatic heterocycles. The SMILES string of the molecule is [BH4-].[BH4-].[BH4-].[C-]1=CC=CC1.[CH3-].[Zr+3]. The van der Waals surface area contributed by atoms with E-state index in [1.807, 2.05) is 12.2 Å². The molecule has 0 aromatic rings. The predicted octanol–water partition coefficient (Wildman–Crippen LogP) is -2.60. The number of hydrogen-bond donors (Lipinski definition) is 0. The smallest absolute Gasteiger partial charge is 0.358 e. The molecule has 1 rings (SSSR count). The first-order valence-electron chi connectivity index (χ1n) is 1.72. The second-order valence-corrected chi connectivity index (χ2v) is 1.00. The Labute approximate surface area is 89.4 Å².